The Hall–Kier alpha value is -0.500. The smallest absolute Gasteiger partial charge is 0.244 e. The average Bonchev–Trinajstić information content (AvgIpc) is 2.82. The summed E-state index contributed by atoms with van der Waals surface area (Å²) in [5, 5.41) is 0. The number of rotatable bonds is 7. The van der Waals surface area contributed by atoms with Gasteiger partial charge in [-0.3, -0.25) is 0 Å². The lowest BCUT2D eigenvalue weighted by atomic mass is 10.3. The van der Waals surface area contributed by atoms with Crippen LogP contribution in [0, 0.1) is 0 Å². The van der Waals surface area contributed by atoms with Crippen molar-refractivity contribution >= 4 is 21.8 Å². The van der Waals surface area contributed by atoms with Crippen molar-refractivity contribution in [2.45, 2.75) is 44.3 Å². The van der Waals surface area contributed by atoms with Gasteiger partial charge < -0.3 is 10.3 Å². The van der Waals surface area contributed by atoms with Crippen LogP contribution < -0.4 is 5.73 Å². The maximum Gasteiger partial charge on any atom is 0.244 e. The van der Waals surface area contributed by atoms with Gasteiger partial charge in [0.25, 0.3) is 0 Å². The fraction of sp³-hybridized carbons (Fsp3) is 0.692. The zero-order chi connectivity index (χ0) is 15.5. The molecule has 0 spiro atoms. The number of hydrogen-bond acceptors (Lipinski definition) is 4. The first-order valence-electron chi connectivity index (χ1n) is 6.63. The number of sulfonamides is 1. The van der Waals surface area contributed by atoms with Gasteiger partial charge in [0.1, 0.15) is 4.90 Å². The standard InChI is InChI=1S/C13H25N3O2S2/c1-10(2)16-8-13(6-12(16)7-14)20(17,18)15(4)11(3)9-19-5/h6,8,10-11H,7,9,14H2,1-5H3. The van der Waals surface area contributed by atoms with E-state index in [1.807, 2.05) is 31.6 Å². The fourth-order valence-electron chi connectivity index (χ4n) is 2.03. The van der Waals surface area contributed by atoms with Gasteiger partial charge in [0.15, 0.2) is 0 Å². The minimum atomic E-state index is -3.46. The largest absolute Gasteiger partial charge is 0.346 e. The summed E-state index contributed by atoms with van der Waals surface area (Å²) in [6, 6.07) is 1.82. The van der Waals surface area contributed by atoms with E-state index in [-0.39, 0.29) is 12.1 Å². The van der Waals surface area contributed by atoms with Crippen LogP contribution in [0.15, 0.2) is 17.2 Å². The minimum absolute atomic E-state index is 0.0428. The summed E-state index contributed by atoms with van der Waals surface area (Å²) in [7, 11) is -1.83. The maximum absolute atomic E-state index is 12.6. The number of aromatic nitrogens is 1. The Kier molecular flexibility index (Phi) is 6.12. The molecule has 0 aliphatic carbocycles. The van der Waals surface area contributed by atoms with Crippen LogP contribution in [0.2, 0.25) is 0 Å². The average molecular weight is 319 g/mol. The van der Waals surface area contributed by atoms with E-state index in [1.54, 1.807) is 31.1 Å². The van der Waals surface area contributed by atoms with Gasteiger partial charge in [-0.2, -0.15) is 16.1 Å². The lowest BCUT2D eigenvalue weighted by molar-refractivity contribution is 0.415. The molecular formula is C13H25N3O2S2. The highest BCUT2D eigenvalue weighted by Gasteiger charge is 2.27. The summed E-state index contributed by atoms with van der Waals surface area (Å²) in [6.07, 6.45) is 3.66. The molecular weight excluding hydrogens is 294 g/mol. The summed E-state index contributed by atoms with van der Waals surface area (Å²) in [4.78, 5) is 0.321. The zero-order valence-electron chi connectivity index (χ0n) is 12.8. The molecule has 0 aromatic carbocycles. The highest BCUT2D eigenvalue weighted by atomic mass is 32.2. The van der Waals surface area contributed by atoms with Crippen molar-refractivity contribution in [1.29, 1.82) is 0 Å². The van der Waals surface area contributed by atoms with Crippen LogP contribution in [-0.4, -0.2) is 42.4 Å². The molecule has 1 aromatic heterocycles. The predicted molar refractivity (Wildman–Crippen MR) is 85.5 cm³/mol. The van der Waals surface area contributed by atoms with E-state index < -0.39 is 10.0 Å². The molecule has 1 unspecified atom stereocenters. The molecule has 0 fully saturated rings. The second kappa shape index (κ2) is 6.98. The molecule has 1 heterocycles. The Morgan fingerprint density at radius 3 is 2.40 bits per heavy atom. The predicted octanol–water partition coefficient (Wildman–Crippen LogP) is 1.90. The second-order valence-corrected chi connectivity index (χ2v) is 8.11. The first-order chi connectivity index (χ1) is 9.25. The quantitative estimate of drug-likeness (QED) is 0.833. The summed E-state index contributed by atoms with van der Waals surface area (Å²) >= 11 is 1.64. The van der Waals surface area contributed by atoms with Crippen molar-refractivity contribution in [2.24, 2.45) is 5.73 Å². The van der Waals surface area contributed by atoms with E-state index in [0.717, 1.165) is 11.4 Å². The first-order valence-corrected chi connectivity index (χ1v) is 9.46. The van der Waals surface area contributed by atoms with Gasteiger partial charge in [-0.15, -0.1) is 0 Å². The van der Waals surface area contributed by atoms with Crippen molar-refractivity contribution in [1.82, 2.24) is 8.87 Å². The van der Waals surface area contributed by atoms with Gasteiger partial charge in [-0.1, -0.05) is 0 Å². The van der Waals surface area contributed by atoms with E-state index >= 15 is 0 Å². The Labute approximate surface area is 126 Å². The normalized spacial score (nSPS) is 14.2. The van der Waals surface area contributed by atoms with Gasteiger partial charge in [0.2, 0.25) is 10.0 Å². The number of nitrogens with zero attached hydrogens (tertiary/aromatic N) is 2. The molecule has 0 saturated heterocycles. The van der Waals surface area contributed by atoms with Crippen LogP contribution in [0.4, 0.5) is 0 Å². The molecule has 1 rings (SSSR count). The minimum Gasteiger partial charge on any atom is -0.346 e. The molecule has 0 amide bonds. The molecule has 0 saturated carbocycles. The molecule has 116 valence electrons. The zero-order valence-corrected chi connectivity index (χ0v) is 14.5. The third-order valence-electron chi connectivity index (χ3n) is 3.38. The molecule has 0 aliphatic heterocycles. The van der Waals surface area contributed by atoms with Crippen molar-refractivity contribution < 1.29 is 8.42 Å². The molecule has 7 heteroatoms. The van der Waals surface area contributed by atoms with E-state index in [9.17, 15) is 8.42 Å². The Morgan fingerprint density at radius 2 is 2.00 bits per heavy atom. The number of thioether (sulfide) groups is 1. The van der Waals surface area contributed by atoms with Crippen LogP contribution in [0.5, 0.6) is 0 Å². The lowest BCUT2D eigenvalue weighted by Gasteiger charge is -2.23. The van der Waals surface area contributed by atoms with Gasteiger partial charge in [-0.25, -0.2) is 8.42 Å². The van der Waals surface area contributed by atoms with E-state index in [2.05, 4.69) is 0 Å². The summed E-state index contributed by atoms with van der Waals surface area (Å²) in [5.41, 5.74) is 6.53. The molecule has 1 atom stereocenters. The highest BCUT2D eigenvalue weighted by molar-refractivity contribution is 7.98. The van der Waals surface area contributed by atoms with Crippen molar-refractivity contribution in [3.63, 3.8) is 0 Å². The van der Waals surface area contributed by atoms with Gasteiger partial charge in [-0.05, 0) is 33.1 Å². The molecule has 2 N–H and O–H groups in total. The van der Waals surface area contributed by atoms with E-state index in [4.69, 9.17) is 5.73 Å². The third-order valence-corrected chi connectivity index (χ3v) is 6.13. The van der Waals surface area contributed by atoms with Crippen molar-refractivity contribution in [3.05, 3.63) is 18.0 Å². The van der Waals surface area contributed by atoms with Crippen LogP contribution in [0.3, 0.4) is 0 Å². The van der Waals surface area contributed by atoms with Crippen molar-refractivity contribution in [2.75, 3.05) is 19.1 Å². The highest BCUT2D eigenvalue weighted by Crippen LogP contribution is 2.23. The Balaban J connectivity index is 3.16. The molecule has 0 radical (unpaired) electrons. The number of nitrogens with two attached hydrogens (primary N) is 1. The molecule has 0 aliphatic rings. The SMILES string of the molecule is CSCC(C)N(C)S(=O)(=O)c1cc(CN)n(C(C)C)c1. The van der Waals surface area contributed by atoms with Crippen LogP contribution in [-0.2, 0) is 16.6 Å². The first kappa shape index (κ1) is 17.6. The lowest BCUT2D eigenvalue weighted by Crippen LogP contribution is -2.36. The molecule has 5 nitrogen and oxygen atoms in total. The Bertz CT molecular complexity index is 538. The molecule has 1 aromatic rings. The van der Waals surface area contributed by atoms with Gasteiger partial charge in [0.05, 0.1) is 0 Å². The second-order valence-electron chi connectivity index (χ2n) is 5.20. The Morgan fingerprint density at radius 1 is 1.40 bits per heavy atom. The number of hydrogen-bond donors (Lipinski definition) is 1. The van der Waals surface area contributed by atoms with Crippen LogP contribution in [0.1, 0.15) is 32.5 Å². The monoisotopic (exact) mass is 319 g/mol. The summed E-state index contributed by atoms with van der Waals surface area (Å²) in [5.74, 6) is 0.768. The molecule has 20 heavy (non-hydrogen) atoms. The molecule has 0 bridgehead atoms. The van der Waals surface area contributed by atoms with Gasteiger partial charge in [0, 0.05) is 43.3 Å². The van der Waals surface area contributed by atoms with E-state index in [1.165, 1.54) is 4.31 Å². The van der Waals surface area contributed by atoms with Crippen molar-refractivity contribution in [3.8, 4) is 0 Å². The van der Waals surface area contributed by atoms with Gasteiger partial charge >= 0.3 is 0 Å². The van der Waals surface area contributed by atoms with Crippen LogP contribution in [0.25, 0.3) is 0 Å². The topological polar surface area (TPSA) is 68.3 Å². The summed E-state index contributed by atoms with van der Waals surface area (Å²) < 4.78 is 28.6. The third kappa shape index (κ3) is 3.58. The summed E-state index contributed by atoms with van der Waals surface area (Å²) in [6.45, 7) is 6.26. The maximum atomic E-state index is 12.6. The van der Waals surface area contributed by atoms with Crippen LogP contribution >= 0.6 is 11.8 Å². The van der Waals surface area contributed by atoms with E-state index in [0.29, 0.717) is 11.4 Å². The fourth-order valence-corrected chi connectivity index (χ4v) is 4.24.